The molecule has 6 heteroatoms. The minimum Gasteiger partial charge on any atom is -0.365 e. The Kier molecular flexibility index (Phi) is 3.47. The third kappa shape index (κ3) is 2.23. The highest BCUT2D eigenvalue weighted by molar-refractivity contribution is 7.98. The van der Waals surface area contributed by atoms with Crippen molar-refractivity contribution < 1.29 is 14.0 Å². The molecule has 3 N–H and O–H groups in total. The van der Waals surface area contributed by atoms with Crippen molar-refractivity contribution in [1.29, 1.82) is 0 Å². The fraction of sp³-hybridized carbons (Fsp3) is 0. The molecule has 0 aliphatic carbocycles. The summed E-state index contributed by atoms with van der Waals surface area (Å²) in [5.74, 6) is -1.56. The first-order valence-electron chi connectivity index (χ1n) is 3.61. The van der Waals surface area contributed by atoms with Gasteiger partial charge in [-0.15, -0.1) is 0 Å². The minimum atomic E-state index is -0.863. The molecule has 0 saturated heterocycles. The monoisotopic (exact) mass is 214 g/mol. The molecule has 1 aromatic rings. The summed E-state index contributed by atoms with van der Waals surface area (Å²) in [4.78, 5) is 21.1. The molecule has 0 radical (unpaired) electrons. The van der Waals surface area contributed by atoms with E-state index in [9.17, 15) is 14.0 Å². The van der Waals surface area contributed by atoms with Gasteiger partial charge in [-0.2, -0.15) is 0 Å². The van der Waals surface area contributed by atoms with Crippen LogP contribution in [-0.2, 0) is 4.79 Å². The van der Waals surface area contributed by atoms with E-state index in [1.54, 1.807) is 0 Å². The molecule has 0 atom stereocenters. The van der Waals surface area contributed by atoms with Gasteiger partial charge in [0.25, 0.3) is 5.91 Å². The molecule has 0 fully saturated rings. The number of halogens is 1. The lowest BCUT2D eigenvalue weighted by atomic mass is 10.2. The Hall–Kier alpha value is -1.56. The zero-order chi connectivity index (χ0) is 10.6. The molecule has 74 valence electrons. The van der Waals surface area contributed by atoms with Crippen LogP contribution in [0, 0.1) is 5.82 Å². The number of carbonyl (C=O) groups excluding carboxylic acids is 2. The first kappa shape index (κ1) is 10.5. The summed E-state index contributed by atoms with van der Waals surface area (Å²) in [6.45, 7) is 0. The molecular weight excluding hydrogens is 207 g/mol. The normalized spacial score (nSPS) is 9.50. The summed E-state index contributed by atoms with van der Waals surface area (Å²) in [5.41, 5.74) is 4.76. The van der Waals surface area contributed by atoms with Gasteiger partial charge in [0.15, 0.2) is 0 Å². The van der Waals surface area contributed by atoms with E-state index in [2.05, 4.69) is 4.72 Å². The highest BCUT2D eigenvalue weighted by Gasteiger charge is 2.13. The van der Waals surface area contributed by atoms with Crippen molar-refractivity contribution in [3.8, 4) is 0 Å². The lowest BCUT2D eigenvalue weighted by Crippen LogP contribution is -2.15. The summed E-state index contributed by atoms with van der Waals surface area (Å²) in [5, 5.41) is 0. The van der Waals surface area contributed by atoms with Crippen LogP contribution in [0.15, 0.2) is 23.1 Å². The number of primary amides is 1. The average molecular weight is 214 g/mol. The summed E-state index contributed by atoms with van der Waals surface area (Å²) in [7, 11) is 0. The number of nitrogens with one attached hydrogen (secondary N) is 1. The minimum absolute atomic E-state index is 0.216. The van der Waals surface area contributed by atoms with E-state index in [0.29, 0.717) is 6.41 Å². The second kappa shape index (κ2) is 4.61. The van der Waals surface area contributed by atoms with Crippen molar-refractivity contribution in [3.63, 3.8) is 0 Å². The maximum Gasteiger partial charge on any atom is 0.252 e. The molecule has 0 aliphatic heterocycles. The molecule has 0 aliphatic rings. The van der Waals surface area contributed by atoms with Crippen LogP contribution in [0.4, 0.5) is 4.39 Å². The Labute approximate surface area is 83.8 Å². The van der Waals surface area contributed by atoms with E-state index in [4.69, 9.17) is 5.73 Å². The number of amides is 2. The number of hydrogen-bond acceptors (Lipinski definition) is 3. The molecule has 1 aromatic carbocycles. The molecule has 1 rings (SSSR count). The van der Waals surface area contributed by atoms with Crippen molar-refractivity contribution in [2.45, 2.75) is 4.90 Å². The molecule has 0 saturated carbocycles. The Morgan fingerprint density at radius 1 is 1.57 bits per heavy atom. The third-order valence-corrected chi connectivity index (χ3v) is 2.21. The van der Waals surface area contributed by atoms with Gasteiger partial charge >= 0.3 is 0 Å². The summed E-state index contributed by atoms with van der Waals surface area (Å²) < 4.78 is 15.3. The van der Waals surface area contributed by atoms with Crippen LogP contribution in [-0.4, -0.2) is 12.3 Å². The van der Waals surface area contributed by atoms with Crippen molar-refractivity contribution in [1.82, 2.24) is 4.72 Å². The van der Waals surface area contributed by atoms with E-state index >= 15 is 0 Å². The van der Waals surface area contributed by atoms with Crippen molar-refractivity contribution in [3.05, 3.63) is 29.6 Å². The number of rotatable bonds is 4. The maximum atomic E-state index is 13.1. The standard InChI is InChI=1S/C8H7FN2O2S/c9-5-2-1-3-6(14-11-4-12)7(5)8(10)13/h1-4H,(H2,10,13)(H,11,12). The highest BCUT2D eigenvalue weighted by atomic mass is 32.2. The van der Waals surface area contributed by atoms with Crippen LogP contribution in [0.25, 0.3) is 0 Å². The molecule has 0 bridgehead atoms. The molecule has 4 nitrogen and oxygen atoms in total. The van der Waals surface area contributed by atoms with Gasteiger partial charge < -0.3 is 5.73 Å². The summed E-state index contributed by atoms with van der Waals surface area (Å²) in [6.07, 6.45) is 0.431. The predicted molar refractivity (Wildman–Crippen MR) is 50.0 cm³/mol. The molecule has 2 amide bonds. The van der Waals surface area contributed by atoms with Crippen LogP contribution >= 0.6 is 11.9 Å². The zero-order valence-electron chi connectivity index (χ0n) is 6.99. The average Bonchev–Trinajstić information content (AvgIpc) is 2.14. The second-order valence-corrected chi connectivity index (χ2v) is 3.19. The van der Waals surface area contributed by atoms with Crippen molar-refractivity contribution in [2.75, 3.05) is 0 Å². The Bertz CT molecular complexity index is 370. The van der Waals surface area contributed by atoms with Crippen LogP contribution < -0.4 is 10.5 Å². The molecule has 0 heterocycles. The Morgan fingerprint density at radius 3 is 2.86 bits per heavy atom. The quantitative estimate of drug-likeness (QED) is 0.571. The van der Waals surface area contributed by atoms with Gasteiger partial charge in [-0.05, 0) is 24.1 Å². The fourth-order valence-electron chi connectivity index (χ4n) is 0.916. The van der Waals surface area contributed by atoms with Gasteiger partial charge in [-0.25, -0.2) is 4.39 Å². The lowest BCUT2D eigenvalue weighted by Gasteiger charge is -2.04. The SMILES string of the molecule is NC(=O)c1c(F)cccc1SNC=O. The van der Waals surface area contributed by atoms with Gasteiger partial charge in [-0.1, -0.05) is 6.07 Å². The van der Waals surface area contributed by atoms with Crippen LogP contribution in [0.1, 0.15) is 10.4 Å². The first-order chi connectivity index (χ1) is 6.66. The van der Waals surface area contributed by atoms with Crippen LogP contribution in [0.3, 0.4) is 0 Å². The van der Waals surface area contributed by atoms with Gasteiger partial charge in [0.2, 0.25) is 6.41 Å². The number of nitrogens with two attached hydrogens (primary N) is 1. The third-order valence-electron chi connectivity index (χ3n) is 1.44. The van der Waals surface area contributed by atoms with Crippen molar-refractivity contribution in [2.24, 2.45) is 5.73 Å². The zero-order valence-corrected chi connectivity index (χ0v) is 7.81. The summed E-state index contributed by atoms with van der Waals surface area (Å²) >= 11 is 0.831. The lowest BCUT2D eigenvalue weighted by molar-refractivity contribution is -0.107. The molecule has 0 spiro atoms. The molecular formula is C8H7FN2O2S. The smallest absolute Gasteiger partial charge is 0.252 e. The number of benzene rings is 1. The van der Waals surface area contributed by atoms with E-state index in [1.807, 2.05) is 0 Å². The van der Waals surface area contributed by atoms with Gasteiger partial charge in [0, 0.05) is 4.90 Å². The number of hydrogen-bond donors (Lipinski definition) is 2. The first-order valence-corrected chi connectivity index (χ1v) is 4.42. The predicted octanol–water partition coefficient (Wildman–Crippen LogP) is 0.678. The summed E-state index contributed by atoms with van der Waals surface area (Å²) in [6, 6.07) is 4.05. The highest BCUT2D eigenvalue weighted by Crippen LogP contribution is 2.21. The maximum absolute atomic E-state index is 13.1. The largest absolute Gasteiger partial charge is 0.365 e. The molecule has 0 aromatic heterocycles. The van der Waals surface area contributed by atoms with Crippen molar-refractivity contribution >= 4 is 24.3 Å². The number of carbonyl (C=O) groups is 2. The van der Waals surface area contributed by atoms with Crippen LogP contribution in [0.2, 0.25) is 0 Å². The van der Waals surface area contributed by atoms with E-state index < -0.39 is 11.7 Å². The van der Waals surface area contributed by atoms with Gasteiger partial charge in [-0.3, -0.25) is 14.3 Å². The topological polar surface area (TPSA) is 72.2 Å². The van der Waals surface area contributed by atoms with E-state index in [-0.39, 0.29) is 10.5 Å². The fourth-order valence-corrected chi connectivity index (χ4v) is 1.54. The molecule has 14 heavy (non-hydrogen) atoms. The van der Waals surface area contributed by atoms with E-state index in [1.165, 1.54) is 12.1 Å². The van der Waals surface area contributed by atoms with E-state index in [0.717, 1.165) is 18.0 Å². The Balaban J connectivity index is 3.07. The van der Waals surface area contributed by atoms with Gasteiger partial charge in [0.1, 0.15) is 5.82 Å². The second-order valence-electron chi connectivity index (χ2n) is 2.31. The Morgan fingerprint density at radius 2 is 2.29 bits per heavy atom. The molecule has 0 unspecified atom stereocenters. The van der Waals surface area contributed by atoms with Gasteiger partial charge in [0.05, 0.1) is 5.56 Å². The van der Waals surface area contributed by atoms with Crippen LogP contribution in [0.5, 0.6) is 0 Å².